The first-order chi connectivity index (χ1) is 11.5. The Morgan fingerprint density at radius 2 is 1.88 bits per heavy atom. The molecular formula is C16H20N4O4. The largest absolute Gasteiger partial charge is 0.355 e. The fraction of sp³-hybridized carbons (Fsp3) is 0.375. The molecule has 0 radical (unpaired) electrons. The van der Waals surface area contributed by atoms with Gasteiger partial charge in [-0.1, -0.05) is 19.1 Å². The molecule has 0 fully saturated rings. The number of aromatic nitrogens is 2. The lowest BCUT2D eigenvalue weighted by molar-refractivity contribution is -0.126. The molecule has 3 N–H and O–H groups in total. The number of amides is 2. The lowest BCUT2D eigenvalue weighted by Gasteiger charge is -2.10. The van der Waals surface area contributed by atoms with Crippen molar-refractivity contribution in [2.75, 3.05) is 13.1 Å². The average Bonchev–Trinajstić information content (AvgIpc) is 2.58. The van der Waals surface area contributed by atoms with Crippen LogP contribution in [0.15, 0.2) is 33.9 Å². The highest BCUT2D eigenvalue weighted by Crippen LogP contribution is 2.06. The van der Waals surface area contributed by atoms with Gasteiger partial charge in [0.25, 0.3) is 5.56 Å². The maximum absolute atomic E-state index is 12.0. The molecule has 0 unspecified atom stereocenters. The summed E-state index contributed by atoms with van der Waals surface area (Å²) in [6.45, 7) is 2.51. The Bertz CT molecular complexity index is 853. The van der Waals surface area contributed by atoms with E-state index in [0.29, 0.717) is 17.4 Å². The van der Waals surface area contributed by atoms with Crippen LogP contribution in [0.3, 0.4) is 0 Å². The maximum Gasteiger partial charge on any atom is 0.328 e. The van der Waals surface area contributed by atoms with Gasteiger partial charge in [0, 0.05) is 19.5 Å². The highest BCUT2D eigenvalue weighted by atomic mass is 16.2. The third-order valence-electron chi connectivity index (χ3n) is 3.49. The second-order valence-electron chi connectivity index (χ2n) is 5.30. The summed E-state index contributed by atoms with van der Waals surface area (Å²) in [4.78, 5) is 49.2. The van der Waals surface area contributed by atoms with Crippen molar-refractivity contribution in [1.29, 1.82) is 0 Å². The summed E-state index contributed by atoms with van der Waals surface area (Å²) >= 11 is 0. The minimum Gasteiger partial charge on any atom is -0.355 e. The van der Waals surface area contributed by atoms with Crippen molar-refractivity contribution in [1.82, 2.24) is 20.2 Å². The quantitative estimate of drug-likeness (QED) is 0.647. The number of rotatable bonds is 7. The molecule has 0 spiro atoms. The SMILES string of the molecule is CCCNC(=O)CNC(=O)CCn1c(=O)[nH]c(=O)c2ccccc21. The number of aromatic amines is 1. The molecule has 0 saturated carbocycles. The topological polar surface area (TPSA) is 113 Å². The van der Waals surface area contributed by atoms with Crippen LogP contribution >= 0.6 is 0 Å². The number of hydrogen-bond acceptors (Lipinski definition) is 4. The molecule has 8 nitrogen and oxygen atoms in total. The predicted molar refractivity (Wildman–Crippen MR) is 89.8 cm³/mol. The molecule has 0 aliphatic heterocycles. The van der Waals surface area contributed by atoms with Crippen molar-refractivity contribution < 1.29 is 9.59 Å². The highest BCUT2D eigenvalue weighted by molar-refractivity contribution is 5.84. The van der Waals surface area contributed by atoms with Gasteiger partial charge >= 0.3 is 5.69 Å². The maximum atomic E-state index is 12.0. The van der Waals surface area contributed by atoms with Crippen molar-refractivity contribution >= 4 is 22.7 Å². The molecule has 1 aromatic carbocycles. The fourth-order valence-electron chi connectivity index (χ4n) is 2.27. The minimum atomic E-state index is -0.563. The molecule has 0 aliphatic rings. The van der Waals surface area contributed by atoms with E-state index in [1.807, 2.05) is 6.92 Å². The van der Waals surface area contributed by atoms with Crippen LogP contribution in [-0.2, 0) is 16.1 Å². The number of nitrogens with one attached hydrogen (secondary N) is 3. The molecule has 2 rings (SSSR count). The fourth-order valence-corrected chi connectivity index (χ4v) is 2.27. The number of fused-ring (bicyclic) bond motifs is 1. The third-order valence-corrected chi connectivity index (χ3v) is 3.49. The summed E-state index contributed by atoms with van der Waals surface area (Å²) in [5, 5.41) is 5.54. The first kappa shape index (κ1) is 17.5. The molecule has 128 valence electrons. The van der Waals surface area contributed by atoms with E-state index in [4.69, 9.17) is 0 Å². The zero-order valence-corrected chi connectivity index (χ0v) is 13.4. The van der Waals surface area contributed by atoms with Gasteiger partial charge in [-0.15, -0.1) is 0 Å². The van der Waals surface area contributed by atoms with Gasteiger partial charge in [-0.25, -0.2) is 4.79 Å². The number of aryl methyl sites for hydroxylation is 1. The van der Waals surface area contributed by atoms with E-state index in [9.17, 15) is 19.2 Å². The second-order valence-corrected chi connectivity index (χ2v) is 5.30. The summed E-state index contributed by atoms with van der Waals surface area (Å²) in [6, 6.07) is 6.69. The number of H-pyrrole nitrogens is 1. The van der Waals surface area contributed by atoms with Crippen LogP contribution in [0.25, 0.3) is 10.9 Å². The van der Waals surface area contributed by atoms with Crippen molar-refractivity contribution in [2.24, 2.45) is 0 Å². The molecular weight excluding hydrogens is 312 g/mol. The number of nitrogens with zero attached hydrogens (tertiary/aromatic N) is 1. The van der Waals surface area contributed by atoms with Gasteiger partial charge in [0.2, 0.25) is 11.8 Å². The molecule has 1 heterocycles. The Morgan fingerprint density at radius 1 is 1.12 bits per heavy atom. The van der Waals surface area contributed by atoms with Crippen LogP contribution in [0, 0.1) is 0 Å². The molecule has 8 heteroatoms. The Hall–Kier alpha value is -2.90. The standard InChI is InChI=1S/C16H20N4O4/c1-2-8-17-14(22)10-18-13(21)7-9-20-12-6-4-3-5-11(12)15(23)19-16(20)24/h3-6H,2,7-10H2,1H3,(H,17,22)(H,18,21)(H,19,23,24). The second kappa shape index (κ2) is 8.09. The number of carbonyl (C=O) groups excluding carboxylic acids is 2. The summed E-state index contributed by atoms with van der Waals surface area (Å²) in [6.07, 6.45) is 0.846. The van der Waals surface area contributed by atoms with Crippen LogP contribution in [0.2, 0.25) is 0 Å². The van der Waals surface area contributed by atoms with Gasteiger partial charge in [0.05, 0.1) is 17.4 Å². The van der Waals surface area contributed by atoms with Crippen LogP contribution < -0.4 is 21.9 Å². The molecule has 0 bridgehead atoms. The zero-order valence-electron chi connectivity index (χ0n) is 13.4. The Balaban J connectivity index is 2.01. The van der Waals surface area contributed by atoms with Crippen LogP contribution in [0.1, 0.15) is 19.8 Å². The number of carbonyl (C=O) groups is 2. The van der Waals surface area contributed by atoms with Crippen molar-refractivity contribution in [3.63, 3.8) is 0 Å². The number of benzene rings is 1. The molecule has 2 amide bonds. The Kier molecular flexibility index (Phi) is 5.89. The first-order valence-corrected chi connectivity index (χ1v) is 7.78. The van der Waals surface area contributed by atoms with Crippen molar-refractivity contribution in [3.05, 3.63) is 45.1 Å². The highest BCUT2D eigenvalue weighted by Gasteiger charge is 2.09. The predicted octanol–water partition coefficient (Wildman–Crippen LogP) is -0.278. The summed E-state index contributed by atoms with van der Waals surface area (Å²) < 4.78 is 1.34. The molecule has 0 atom stereocenters. The smallest absolute Gasteiger partial charge is 0.328 e. The van der Waals surface area contributed by atoms with Crippen molar-refractivity contribution in [2.45, 2.75) is 26.3 Å². The minimum absolute atomic E-state index is 0.0248. The molecule has 24 heavy (non-hydrogen) atoms. The van der Waals surface area contributed by atoms with Gasteiger partial charge in [0.1, 0.15) is 0 Å². The van der Waals surface area contributed by atoms with E-state index in [2.05, 4.69) is 15.6 Å². The van der Waals surface area contributed by atoms with Gasteiger partial charge in [0.15, 0.2) is 0 Å². The van der Waals surface area contributed by atoms with Crippen LogP contribution in [-0.4, -0.2) is 34.5 Å². The third kappa shape index (κ3) is 4.31. The van der Waals surface area contributed by atoms with E-state index in [-0.39, 0.29) is 31.3 Å². The summed E-state index contributed by atoms with van der Waals surface area (Å²) in [5.41, 5.74) is -0.546. The number of hydrogen-bond donors (Lipinski definition) is 3. The lowest BCUT2D eigenvalue weighted by atomic mass is 10.2. The van der Waals surface area contributed by atoms with Gasteiger partial charge in [-0.3, -0.25) is 23.9 Å². The van der Waals surface area contributed by atoms with Gasteiger partial charge in [-0.2, -0.15) is 0 Å². The normalized spacial score (nSPS) is 10.5. The first-order valence-electron chi connectivity index (χ1n) is 7.78. The van der Waals surface area contributed by atoms with Crippen LogP contribution in [0.5, 0.6) is 0 Å². The average molecular weight is 332 g/mol. The van der Waals surface area contributed by atoms with E-state index < -0.39 is 11.2 Å². The molecule has 1 aromatic heterocycles. The van der Waals surface area contributed by atoms with E-state index >= 15 is 0 Å². The van der Waals surface area contributed by atoms with E-state index in [0.717, 1.165) is 6.42 Å². The summed E-state index contributed by atoms with van der Waals surface area (Å²) in [7, 11) is 0. The Morgan fingerprint density at radius 3 is 2.62 bits per heavy atom. The van der Waals surface area contributed by atoms with Crippen LogP contribution in [0.4, 0.5) is 0 Å². The number of para-hydroxylation sites is 1. The monoisotopic (exact) mass is 332 g/mol. The molecule has 2 aromatic rings. The van der Waals surface area contributed by atoms with Gasteiger partial charge < -0.3 is 10.6 Å². The lowest BCUT2D eigenvalue weighted by Crippen LogP contribution is -2.38. The van der Waals surface area contributed by atoms with Crippen molar-refractivity contribution in [3.8, 4) is 0 Å². The van der Waals surface area contributed by atoms with E-state index in [1.54, 1.807) is 24.3 Å². The van der Waals surface area contributed by atoms with E-state index in [1.165, 1.54) is 4.57 Å². The molecule has 0 aliphatic carbocycles. The van der Waals surface area contributed by atoms with Gasteiger partial charge in [-0.05, 0) is 18.6 Å². The molecule has 0 saturated heterocycles. The Labute approximate surface area is 137 Å². The summed E-state index contributed by atoms with van der Waals surface area (Å²) in [5.74, 6) is -0.597. The zero-order chi connectivity index (χ0) is 17.5.